The van der Waals surface area contributed by atoms with Crippen LogP contribution >= 0.6 is 0 Å². The van der Waals surface area contributed by atoms with Crippen LogP contribution in [0.2, 0.25) is 0 Å². The lowest BCUT2D eigenvalue weighted by Crippen LogP contribution is -2.49. The Balaban J connectivity index is 1.27. The van der Waals surface area contributed by atoms with Crippen LogP contribution in [0, 0.1) is 0 Å². The summed E-state index contributed by atoms with van der Waals surface area (Å²) < 4.78 is 50.6. The second-order valence-corrected chi connectivity index (χ2v) is 10.3. The maximum atomic E-state index is 12.8. The van der Waals surface area contributed by atoms with Gasteiger partial charge >= 0.3 is 13.3 Å². The van der Waals surface area contributed by atoms with Crippen molar-refractivity contribution in [2.45, 2.75) is 64.3 Å². The molecule has 11 heteroatoms. The van der Waals surface area contributed by atoms with Gasteiger partial charge in [0.1, 0.15) is 0 Å². The SMILES string of the molecule is CC1(C)OB(c2ccccc2CCCC(=O)N2CCN(c3ncc(C(F)(F)F)cn3)CC2)OC1(C)C. The Morgan fingerprint density at radius 1 is 1.00 bits per heavy atom. The molecule has 1 aromatic heterocycles. The van der Waals surface area contributed by atoms with Crippen LogP contribution in [0.15, 0.2) is 36.7 Å². The molecule has 1 aromatic carbocycles. The molecule has 1 amide bonds. The molecule has 0 spiro atoms. The molecule has 0 aliphatic carbocycles. The maximum absolute atomic E-state index is 12.8. The van der Waals surface area contributed by atoms with E-state index in [4.69, 9.17) is 9.31 Å². The molecule has 2 saturated heterocycles. The van der Waals surface area contributed by atoms with Crippen LogP contribution in [-0.4, -0.2) is 65.3 Å². The fourth-order valence-corrected chi connectivity index (χ4v) is 4.34. The van der Waals surface area contributed by atoms with Crippen molar-refractivity contribution in [2.24, 2.45) is 0 Å². The number of anilines is 1. The van der Waals surface area contributed by atoms with Gasteiger partial charge in [0.25, 0.3) is 0 Å². The molecule has 3 heterocycles. The number of carbonyl (C=O) groups excluding carboxylic acids is 1. The predicted molar refractivity (Wildman–Crippen MR) is 131 cm³/mol. The number of aryl methyl sites for hydroxylation is 1. The van der Waals surface area contributed by atoms with Crippen molar-refractivity contribution < 1.29 is 27.3 Å². The lowest BCUT2D eigenvalue weighted by molar-refractivity contribution is -0.138. The van der Waals surface area contributed by atoms with Crippen molar-refractivity contribution in [3.63, 3.8) is 0 Å². The first-order chi connectivity index (χ1) is 16.9. The number of amides is 1. The quantitative estimate of drug-likeness (QED) is 0.562. The summed E-state index contributed by atoms with van der Waals surface area (Å²) in [6.45, 7) is 10.0. The van der Waals surface area contributed by atoms with Crippen LogP contribution in [-0.2, 0) is 26.7 Å². The smallest absolute Gasteiger partial charge is 0.399 e. The third-order valence-electron chi connectivity index (χ3n) is 7.28. The van der Waals surface area contributed by atoms with E-state index in [0.29, 0.717) is 39.0 Å². The van der Waals surface area contributed by atoms with Gasteiger partial charge in [0, 0.05) is 45.0 Å². The first-order valence-electron chi connectivity index (χ1n) is 12.2. The summed E-state index contributed by atoms with van der Waals surface area (Å²) in [6, 6.07) is 8.01. The number of alkyl halides is 3. The molecule has 2 aromatic rings. The Morgan fingerprint density at radius 2 is 1.58 bits per heavy atom. The Morgan fingerprint density at radius 3 is 2.17 bits per heavy atom. The van der Waals surface area contributed by atoms with Crippen LogP contribution in [0.4, 0.5) is 19.1 Å². The normalized spacial score (nSPS) is 19.6. The molecule has 7 nitrogen and oxygen atoms in total. The largest absolute Gasteiger partial charge is 0.495 e. The van der Waals surface area contributed by atoms with E-state index in [0.717, 1.165) is 29.8 Å². The third kappa shape index (κ3) is 5.67. The molecule has 0 atom stereocenters. The first-order valence-corrected chi connectivity index (χ1v) is 12.2. The highest BCUT2D eigenvalue weighted by Gasteiger charge is 2.52. The summed E-state index contributed by atoms with van der Waals surface area (Å²) in [6.07, 6.45) is -1.05. The first kappa shape index (κ1) is 26.4. The van der Waals surface area contributed by atoms with E-state index in [1.54, 1.807) is 9.80 Å². The molecule has 0 unspecified atom stereocenters. The Labute approximate surface area is 210 Å². The number of aromatic nitrogens is 2. The molecule has 2 aliphatic heterocycles. The summed E-state index contributed by atoms with van der Waals surface area (Å²) in [7, 11) is -0.442. The second-order valence-electron chi connectivity index (χ2n) is 10.3. The third-order valence-corrected chi connectivity index (χ3v) is 7.28. The molecule has 0 N–H and O–H groups in total. The molecule has 2 aliphatic rings. The minimum Gasteiger partial charge on any atom is -0.399 e. The number of hydrogen-bond acceptors (Lipinski definition) is 6. The van der Waals surface area contributed by atoms with Gasteiger partial charge in [0.15, 0.2) is 0 Å². The molecule has 194 valence electrons. The summed E-state index contributed by atoms with van der Waals surface area (Å²) in [5.74, 6) is 0.311. The van der Waals surface area contributed by atoms with Crippen molar-refractivity contribution in [1.82, 2.24) is 14.9 Å². The molecule has 36 heavy (non-hydrogen) atoms. The van der Waals surface area contributed by atoms with E-state index in [1.165, 1.54) is 0 Å². The highest BCUT2D eigenvalue weighted by molar-refractivity contribution is 6.62. The Kier molecular flexibility index (Phi) is 7.34. The van der Waals surface area contributed by atoms with Crippen molar-refractivity contribution in [1.29, 1.82) is 0 Å². The average Bonchev–Trinajstić information content (AvgIpc) is 3.05. The Bertz CT molecular complexity index is 1050. The zero-order valence-electron chi connectivity index (χ0n) is 21.1. The molecule has 0 bridgehead atoms. The average molecular weight is 504 g/mol. The van der Waals surface area contributed by atoms with Crippen molar-refractivity contribution in [3.8, 4) is 0 Å². The van der Waals surface area contributed by atoms with Gasteiger partial charge in [-0.1, -0.05) is 24.3 Å². The molecule has 0 radical (unpaired) electrons. The summed E-state index contributed by atoms with van der Waals surface area (Å²) in [4.78, 5) is 24.1. The van der Waals surface area contributed by atoms with Gasteiger partial charge in [-0.15, -0.1) is 0 Å². The molecule has 0 saturated carbocycles. The van der Waals surface area contributed by atoms with E-state index in [1.807, 2.05) is 52.0 Å². The summed E-state index contributed by atoms with van der Waals surface area (Å²) in [5.41, 5.74) is 0.379. The zero-order chi connectivity index (χ0) is 26.1. The number of hydrogen-bond donors (Lipinski definition) is 0. The number of rotatable bonds is 6. The predicted octanol–water partition coefficient (Wildman–Crippen LogP) is 3.47. The number of benzene rings is 1. The topological polar surface area (TPSA) is 67.8 Å². The lowest BCUT2D eigenvalue weighted by atomic mass is 9.75. The highest BCUT2D eigenvalue weighted by Crippen LogP contribution is 2.36. The van der Waals surface area contributed by atoms with Gasteiger partial charge in [-0.05, 0) is 51.6 Å². The van der Waals surface area contributed by atoms with E-state index >= 15 is 0 Å². The van der Waals surface area contributed by atoms with E-state index < -0.39 is 30.1 Å². The van der Waals surface area contributed by atoms with Crippen LogP contribution in [0.5, 0.6) is 0 Å². The van der Waals surface area contributed by atoms with Crippen LogP contribution in [0.3, 0.4) is 0 Å². The van der Waals surface area contributed by atoms with Crippen molar-refractivity contribution >= 4 is 24.4 Å². The summed E-state index contributed by atoms with van der Waals surface area (Å²) >= 11 is 0. The van der Waals surface area contributed by atoms with Crippen molar-refractivity contribution in [2.75, 3.05) is 31.1 Å². The van der Waals surface area contributed by atoms with Gasteiger partial charge in [-0.3, -0.25) is 4.79 Å². The molecular weight excluding hydrogens is 472 g/mol. The number of carbonyl (C=O) groups is 1. The molecular formula is C25H32BF3N4O3. The Hall–Kier alpha value is -2.66. The monoisotopic (exact) mass is 504 g/mol. The number of piperazine rings is 1. The van der Waals surface area contributed by atoms with Gasteiger partial charge in [-0.2, -0.15) is 13.2 Å². The van der Waals surface area contributed by atoms with E-state index in [2.05, 4.69) is 9.97 Å². The van der Waals surface area contributed by atoms with Gasteiger partial charge < -0.3 is 19.1 Å². The van der Waals surface area contributed by atoms with Crippen LogP contribution in [0.25, 0.3) is 0 Å². The van der Waals surface area contributed by atoms with Gasteiger partial charge in [0.2, 0.25) is 11.9 Å². The second kappa shape index (κ2) is 10.0. The molecule has 4 rings (SSSR count). The number of nitrogens with zero attached hydrogens (tertiary/aromatic N) is 4. The summed E-state index contributed by atoms with van der Waals surface area (Å²) in [5, 5.41) is 0. The lowest BCUT2D eigenvalue weighted by Gasteiger charge is -2.34. The maximum Gasteiger partial charge on any atom is 0.495 e. The van der Waals surface area contributed by atoms with E-state index in [-0.39, 0.29) is 11.9 Å². The minimum atomic E-state index is -4.46. The highest BCUT2D eigenvalue weighted by atomic mass is 19.4. The van der Waals surface area contributed by atoms with Crippen molar-refractivity contribution in [3.05, 3.63) is 47.8 Å². The van der Waals surface area contributed by atoms with Crippen LogP contribution < -0.4 is 10.4 Å². The fraction of sp³-hybridized carbons (Fsp3) is 0.560. The fourth-order valence-electron chi connectivity index (χ4n) is 4.34. The van der Waals surface area contributed by atoms with E-state index in [9.17, 15) is 18.0 Å². The van der Waals surface area contributed by atoms with Gasteiger partial charge in [-0.25, -0.2) is 9.97 Å². The van der Waals surface area contributed by atoms with Crippen LogP contribution in [0.1, 0.15) is 51.7 Å². The molecule has 2 fully saturated rings. The zero-order valence-corrected chi connectivity index (χ0v) is 21.1. The number of halogens is 3. The minimum absolute atomic E-state index is 0.0658. The van der Waals surface area contributed by atoms with Gasteiger partial charge in [0.05, 0.1) is 16.8 Å². The standard InChI is InChI=1S/C25H32BF3N4O3/c1-23(2)24(3,4)36-26(35-23)20-10-6-5-8-18(20)9-7-11-21(34)32-12-14-33(15-13-32)22-30-16-19(17-31-22)25(27,28)29/h5-6,8,10,16-17H,7,9,11-15H2,1-4H3.